The lowest BCUT2D eigenvalue weighted by Gasteiger charge is -2.37. The number of imide groups is 1. The molecule has 3 fully saturated rings. The van der Waals surface area contributed by atoms with Crippen molar-refractivity contribution in [2.45, 2.75) is 6.42 Å². The number of rotatable bonds is 5. The molecule has 1 aliphatic heterocycles. The minimum atomic E-state index is -0.798. The Morgan fingerprint density at radius 2 is 1.56 bits per heavy atom. The molecule has 2 bridgehead atoms. The summed E-state index contributed by atoms with van der Waals surface area (Å²) in [4.78, 5) is 53.5. The number of benzene rings is 2. The van der Waals surface area contributed by atoms with Gasteiger partial charge in [0.15, 0.2) is 6.61 Å². The molecule has 0 radical (unpaired) electrons. The molecule has 6 atom stereocenters. The smallest absolute Gasteiger partial charge is 0.340 e. The molecular weight excluding hydrogens is 477 g/mol. The number of ether oxygens (including phenoxy) is 1. The van der Waals surface area contributed by atoms with Crippen LogP contribution in [0.25, 0.3) is 0 Å². The van der Waals surface area contributed by atoms with E-state index in [9.17, 15) is 19.2 Å². The van der Waals surface area contributed by atoms with Crippen LogP contribution in [0.3, 0.4) is 0 Å². The first-order valence-electron chi connectivity index (χ1n) is 11.2. The first-order chi connectivity index (χ1) is 16.4. The van der Waals surface area contributed by atoms with E-state index in [-0.39, 0.29) is 57.3 Å². The largest absolute Gasteiger partial charge is 0.454 e. The van der Waals surface area contributed by atoms with E-state index >= 15 is 0 Å². The second kappa shape index (κ2) is 7.79. The minimum Gasteiger partial charge on any atom is -0.454 e. The van der Waals surface area contributed by atoms with Crippen molar-refractivity contribution in [1.29, 1.82) is 0 Å². The van der Waals surface area contributed by atoms with Crippen LogP contribution >= 0.6 is 23.2 Å². The highest BCUT2D eigenvalue weighted by atomic mass is 35.5. The summed E-state index contributed by atoms with van der Waals surface area (Å²) in [5, 5.41) is 0.542. The molecule has 4 aliphatic carbocycles. The van der Waals surface area contributed by atoms with Crippen LogP contribution in [0.4, 0.5) is 5.69 Å². The fourth-order valence-electron chi connectivity index (χ4n) is 6.04. The topological polar surface area (TPSA) is 80.8 Å². The van der Waals surface area contributed by atoms with Gasteiger partial charge in [-0.1, -0.05) is 47.5 Å². The molecule has 5 aliphatic rings. The van der Waals surface area contributed by atoms with Crippen molar-refractivity contribution in [1.82, 2.24) is 0 Å². The third-order valence-corrected chi connectivity index (χ3v) is 8.14. The Morgan fingerprint density at radius 1 is 0.912 bits per heavy atom. The van der Waals surface area contributed by atoms with E-state index in [4.69, 9.17) is 27.9 Å². The Bertz CT molecular complexity index is 1270. The number of ketones is 1. The third kappa shape index (κ3) is 3.16. The van der Waals surface area contributed by atoms with Gasteiger partial charge < -0.3 is 4.74 Å². The van der Waals surface area contributed by atoms with Gasteiger partial charge in [-0.2, -0.15) is 0 Å². The molecule has 6 nitrogen and oxygen atoms in total. The number of Topliss-reactive ketones (excluding diaryl/α,β-unsaturated/α-hetero) is 1. The zero-order chi connectivity index (χ0) is 23.7. The van der Waals surface area contributed by atoms with Crippen LogP contribution in [0.1, 0.15) is 27.1 Å². The van der Waals surface area contributed by atoms with Crippen LogP contribution in [0.15, 0.2) is 54.6 Å². The number of carbonyl (C=O) groups is 4. The summed E-state index contributed by atoms with van der Waals surface area (Å²) < 4.78 is 5.26. The van der Waals surface area contributed by atoms with Crippen molar-refractivity contribution in [3.8, 4) is 0 Å². The highest BCUT2D eigenvalue weighted by Crippen LogP contribution is 2.65. The maximum Gasteiger partial charge on any atom is 0.340 e. The summed E-state index contributed by atoms with van der Waals surface area (Å²) in [7, 11) is 0. The van der Waals surface area contributed by atoms with Gasteiger partial charge in [0.05, 0.1) is 28.1 Å². The van der Waals surface area contributed by atoms with Gasteiger partial charge in [-0.15, -0.1) is 0 Å². The van der Waals surface area contributed by atoms with Crippen LogP contribution in [0.2, 0.25) is 10.0 Å². The third-order valence-electron chi connectivity index (χ3n) is 7.59. The number of allylic oxidation sites excluding steroid dienone is 2. The van der Waals surface area contributed by atoms with Crippen molar-refractivity contribution in [2.24, 2.45) is 35.5 Å². The number of hydrogen-bond donors (Lipinski definition) is 0. The maximum absolute atomic E-state index is 13.4. The van der Waals surface area contributed by atoms with Crippen molar-refractivity contribution >= 4 is 52.5 Å². The van der Waals surface area contributed by atoms with E-state index in [1.54, 1.807) is 18.2 Å². The number of hydrogen-bond acceptors (Lipinski definition) is 5. The van der Waals surface area contributed by atoms with E-state index < -0.39 is 18.4 Å². The SMILES string of the molecule is O=C(COC(=O)c1ccccc1N1C(=O)[C@@H]2[C@H]3C=C[C@@H]([C@@H]4C[C@@H]34)[C@@H]2C1=O)c1ccc(Cl)cc1Cl. The van der Waals surface area contributed by atoms with Gasteiger partial charge in [-0.25, -0.2) is 9.69 Å². The van der Waals surface area contributed by atoms with Gasteiger partial charge in [-0.3, -0.25) is 14.4 Å². The van der Waals surface area contributed by atoms with Gasteiger partial charge in [0.25, 0.3) is 0 Å². The van der Waals surface area contributed by atoms with Crippen LogP contribution < -0.4 is 4.90 Å². The quantitative estimate of drug-likeness (QED) is 0.262. The van der Waals surface area contributed by atoms with Crippen molar-refractivity contribution in [3.63, 3.8) is 0 Å². The summed E-state index contributed by atoms with van der Waals surface area (Å²) in [6.07, 6.45) is 5.27. The van der Waals surface area contributed by atoms with E-state index in [2.05, 4.69) is 12.2 Å². The average Bonchev–Trinajstić information content (AvgIpc) is 3.60. The average molecular weight is 496 g/mol. The van der Waals surface area contributed by atoms with E-state index in [0.29, 0.717) is 16.9 Å². The van der Waals surface area contributed by atoms with Crippen molar-refractivity contribution in [3.05, 3.63) is 75.8 Å². The Balaban J connectivity index is 1.24. The molecule has 2 saturated carbocycles. The van der Waals surface area contributed by atoms with Gasteiger partial charge in [0.2, 0.25) is 17.6 Å². The van der Waals surface area contributed by atoms with Gasteiger partial charge in [0.1, 0.15) is 0 Å². The second-order valence-electron chi connectivity index (χ2n) is 9.31. The molecule has 8 heteroatoms. The lowest BCUT2D eigenvalue weighted by Crippen LogP contribution is -2.40. The fraction of sp³-hybridized carbons (Fsp3) is 0.308. The van der Waals surface area contributed by atoms with Gasteiger partial charge in [0, 0.05) is 10.6 Å². The highest BCUT2D eigenvalue weighted by Gasteiger charge is 2.67. The molecule has 1 saturated heterocycles. The van der Waals surface area contributed by atoms with E-state index in [1.165, 1.54) is 24.3 Å². The van der Waals surface area contributed by atoms with Crippen LogP contribution in [-0.4, -0.2) is 30.2 Å². The molecule has 2 amide bonds. The lowest BCUT2D eigenvalue weighted by molar-refractivity contribution is -0.124. The molecule has 2 aromatic rings. The maximum atomic E-state index is 13.4. The summed E-state index contributed by atoms with van der Waals surface area (Å²) in [6.45, 7) is -0.543. The molecule has 0 spiro atoms. The predicted molar refractivity (Wildman–Crippen MR) is 125 cm³/mol. The Kier molecular flexibility index (Phi) is 4.94. The predicted octanol–water partition coefficient (Wildman–Crippen LogP) is 4.59. The van der Waals surface area contributed by atoms with E-state index in [1.807, 2.05) is 0 Å². The first-order valence-corrected chi connectivity index (χ1v) is 11.9. The van der Waals surface area contributed by atoms with Crippen LogP contribution in [0.5, 0.6) is 0 Å². The molecule has 34 heavy (non-hydrogen) atoms. The number of esters is 1. The highest BCUT2D eigenvalue weighted by molar-refractivity contribution is 6.37. The molecule has 0 aromatic heterocycles. The summed E-state index contributed by atoms with van der Waals surface area (Å²) in [5.41, 5.74) is 0.438. The van der Waals surface area contributed by atoms with Crippen LogP contribution in [0, 0.1) is 35.5 Å². The molecule has 2 aromatic carbocycles. The molecular formula is C26H19Cl2NO5. The number of amides is 2. The molecule has 1 heterocycles. The first kappa shape index (κ1) is 21.6. The van der Waals surface area contributed by atoms with Gasteiger partial charge >= 0.3 is 5.97 Å². The van der Waals surface area contributed by atoms with Gasteiger partial charge in [-0.05, 0) is 60.4 Å². The monoisotopic (exact) mass is 495 g/mol. The lowest BCUT2D eigenvalue weighted by atomic mass is 9.63. The minimum absolute atomic E-state index is 0.0586. The van der Waals surface area contributed by atoms with E-state index in [0.717, 1.165) is 11.3 Å². The van der Waals surface area contributed by atoms with Crippen LogP contribution in [-0.2, 0) is 14.3 Å². The zero-order valence-corrected chi connectivity index (χ0v) is 19.3. The molecule has 172 valence electrons. The summed E-state index contributed by atoms with van der Waals surface area (Å²) in [6, 6.07) is 10.8. The fourth-order valence-corrected chi connectivity index (χ4v) is 6.55. The van der Waals surface area contributed by atoms with Crippen molar-refractivity contribution in [2.75, 3.05) is 11.5 Å². The van der Waals surface area contributed by atoms with Crippen molar-refractivity contribution < 1.29 is 23.9 Å². The number of carbonyl (C=O) groups excluding carboxylic acids is 4. The Hall–Kier alpha value is -2.96. The number of nitrogens with zero attached hydrogens (tertiary/aromatic N) is 1. The summed E-state index contributed by atoms with van der Waals surface area (Å²) in [5.74, 6) is -1.41. The number of para-hydroxylation sites is 1. The Labute approximate surface area is 205 Å². The second-order valence-corrected chi connectivity index (χ2v) is 10.2. The normalized spacial score (nSPS) is 30.2. The molecule has 0 N–H and O–H groups in total. The Morgan fingerprint density at radius 3 is 2.21 bits per heavy atom. The molecule has 7 rings (SSSR count). The molecule has 0 unspecified atom stereocenters. The number of halogens is 2. The number of anilines is 1. The standard InChI is InChI=1S/C26H19Cl2NO5/c27-12-5-6-15(19(28)9-12)21(30)11-34-26(33)16-3-1-2-4-20(16)29-24(31)22-13-7-8-14(18-10-17(13)18)23(22)25(29)32/h1-9,13-14,17-18,22-23H,10-11H2/t13-,14-,17-,18-,22-,23+/m0/s1. The zero-order valence-electron chi connectivity index (χ0n) is 17.8. The summed E-state index contributed by atoms with van der Waals surface area (Å²) >= 11 is 11.9.